The largest absolute Gasteiger partial charge is 0.340 e. The highest BCUT2D eigenvalue weighted by Gasteiger charge is 2.37. The van der Waals surface area contributed by atoms with E-state index in [9.17, 15) is 14.0 Å². The van der Waals surface area contributed by atoms with Gasteiger partial charge in [-0.3, -0.25) is 9.59 Å². The summed E-state index contributed by atoms with van der Waals surface area (Å²) in [5, 5.41) is 14.3. The molecule has 2 aromatic carbocycles. The zero-order chi connectivity index (χ0) is 26.5. The van der Waals surface area contributed by atoms with Crippen molar-refractivity contribution < 1.29 is 14.0 Å². The van der Waals surface area contributed by atoms with Crippen LogP contribution in [0.1, 0.15) is 41.1 Å². The van der Waals surface area contributed by atoms with Crippen LogP contribution in [0.4, 0.5) is 4.39 Å². The Kier molecular flexibility index (Phi) is 8.09. The van der Waals surface area contributed by atoms with Crippen LogP contribution in [0.25, 0.3) is 5.69 Å². The number of nitrogens with zero attached hydrogens (tertiary/aromatic N) is 5. The number of benzene rings is 2. The third-order valence-electron chi connectivity index (χ3n) is 7.40. The van der Waals surface area contributed by atoms with E-state index in [0.717, 1.165) is 43.7 Å². The van der Waals surface area contributed by atoms with Gasteiger partial charge in [-0.05, 0) is 74.8 Å². The van der Waals surface area contributed by atoms with Crippen molar-refractivity contribution in [3.8, 4) is 5.69 Å². The van der Waals surface area contributed by atoms with Gasteiger partial charge in [0.2, 0.25) is 5.91 Å². The molecule has 1 aliphatic carbocycles. The molecule has 0 unspecified atom stereocenters. The molecule has 0 radical (unpaired) electrons. The topological polar surface area (TPSA) is 95.4 Å². The van der Waals surface area contributed by atoms with E-state index in [1.807, 2.05) is 24.1 Å². The van der Waals surface area contributed by atoms with Crippen LogP contribution in [0, 0.1) is 5.82 Å². The molecule has 2 N–H and O–H groups in total. The van der Waals surface area contributed by atoms with E-state index in [1.165, 1.54) is 12.1 Å². The number of hydrogen-bond donors (Lipinski definition) is 2. The summed E-state index contributed by atoms with van der Waals surface area (Å²) in [6.07, 6.45) is 5.65. The molecule has 1 aliphatic heterocycles. The van der Waals surface area contributed by atoms with Gasteiger partial charge in [-0.1, -0.05) is 17.3 Å². The zero-order valence-electron chi connectivity index (χ0n) is 21.6. The molecule has 1 saturated carbocycles. The summed E-state index contributed by atoms with van der Waals surface area (Å²) in [6.45, 7) is 3.72. The SMILES string of the molecule is CN1CCN(C(=O)[C@@H](CCCN[C@H]2C[C@@H]2c2ccc(F)cc2)NC(=O)c2ccc(-n3ccnn3)cc2)CC1. The number of aromatic nitrogens is 3. The van der Waals surface area contributed by atoms with E-state index in [1.54, 1.807) is 41.3 Å². The number of halogens is 1. The fraction of sp³-hybridized carbons (Fsp3) is 0.429. The predicted molar refractivity (Wildman–Crippen MR) is 141 cm³/mol. The van der Waals surface area contributed by atoms with E-state index in [2.05, 4.69) is 25.8 Å². The Balaban J connectivity index is 1.16. The molecule has 2 fully saturated rings. The molecule has 10 heteroatoms. The van der Waals surface area contributed by atoms with Crippen LogP contribution in [0.5, 0.6) is 0 Å². The van der Waals surface area contributed by atoms with Gasteiger partial charge in [0.1, 0.15) is 11.9 Å². The number of carbonyl (C=O) groups excluding carboxylic acids is 2. The summed E-state index contributed by atoms with van der Waals surface area (Å²) >= 11 is 0. The van der Waals surface area contributed by atoms with Crippen molar-refractivity contribution in [2.45, 2.75) is 37.3 Å². The highest BCUT2D eigenvalue weighted by molar-refractivity contribution is 5.97. The molecule has 200 valence electrons. The minimum absolute atomic E-state index is 0.0266. The quantitative estimate of drug-likeness (QED) is 0.399. The summed E-state index contributed by atoms with van der Waals surface area (Å²) in [7, 11) is 2.05. The minimum atomic E-state index is -0.588. The zero-order valence-corrected chi connectivity index (χ0v) is 21.6. The second kappa shape index (κ2) is 11.8. The number of carbonyl (C=O) groups is 2. The van der Waals surface area contributed by atoms with Crippen LogP contribution < -0.4 is 10.6 Å². The molecule has 2 aliphatic rings. The van der Waals surface area contributed by atoms with Crippen LogP contribution >= 0.6 is 0 Å². The normalized spacial score (nSPS) is 20.2. The first-order valence-electron chi connectivity index (χ1n) is 13.2. The van der Waals surface area contributed by atoms with Crippen molar-refractivity contribution in [2.24, 2.45) is 0 Å². The Hall–Kier alpha value is -3.63. The smallest absolute Gasteiger partial charge is 0.251 e. The van der Waals surface area contributed by atoms with Gasteiger partial charge in [0, 0.05) is 43.7 Å². The Morgan fingerprint density at radius 3 is 2.47 bits per heavy atom. The van der Waals surface area contributed by atoms with Gasteiger partial charge >= 0.3 is 0 Å². The first-order valence-corrected chi connectivity index (χ1v) is 13.2. The lowest BCUT2D eigenvalue weighted by atomic mass is 10.1. The lowest BCUT2D eigenvalue weighted by Crippen LogP contribution is -2.54. The average Bonchev–Trinajstić information content (AvgIpc) is 3.49. The highest BCUT2D eigenvalue weighted by Crippen LogP contribution is 2.40. The fourth-order valence-electron chi connectivity index (χ4n) is 4.95. The second-order valence-corrected chi connectivity index (χ2v) is 10.1. The average molecular weight is 520 g/mol. The molecule has 2 amide bonds. The number of nitrogens with one attached hydrogen (secondary N) is 2. The van der Waals surface area contributed by atoms with Crippen LogP contribution in [-0.4, -0.2) is 88.5 Å². The van der Waals surface area contributed by atoms with Crippen LogP contribution in [0.2, 0.25) is 0 Å². The van der Waals surface area contributed by atoms with E-state index in [-0.39, 0.29) is 17.6 Å². The van der Waals surface area contributed by atoms with Crippen molar-refractivity contribution in [3.63, 3.8) is 0 Å². The minimum Gasteiger partial charge on any atom is -0.340 e. The maximum atomic E-state index is 13.4. The molecule has 9 nitrogen and oxygen atoms in total. The Morgan fingerprint density at radius 1 is 1.05 bits per heavy atom. The third-order valence-corrected chi connectivity index (χ3v) is 7.40. The number of rotatable bonds is 10. The third kappa shape index (κ3) is 6.43. The van der Waals surface area contributed by atoms with Crippen molar-refractivity contribution in [3.05, 3.63) is 77.9 Å². The van der Waals surface area contributed by atoms with Gasteiger partial charge in [-0.15, -0.1) is 5.10 Å². The number of hydrogen-bond acceptors (Lipinski definition) is 6. The van der Waals surface area contributed by atoms with Gasteiger partial charge < -0.3 is 20.4 Å². The van der Waals surface area contributed by atoms with Crippen molar-refractivity contribution in [2.75, 3.05) is 39.8 Å². The number of likely N-dealkylation sites (N-methyl/N-ethyl adjacent to an activating group) is 1. The van der Waals surface area contributed by atoms with Crippen LogP contribution in [0.3, 0.4) is 0 Å². The number of piperazine rings is 1. The van der Waals surface area contributed by atoms with Gasteiger partial charge in [0.25, 0.3) is 5.91 Å². The van der Waals surface area contributed by atoms with Crippen molar-refractivity contribution >= 4 is 11.8 Å². The van der Waals surface area contributed by atoms with Crippen LogP contribution in [0.15, 0.2) is 60.9 Å². The van der Waals surface area contributed by atoms with E-state index >= 15 is 0 Å². The Morgan fingerprint density at radius 2 is 1.79 bits per heavy atom. The van der Waals surface area contributed by atoms with Crippen LogP contribution in [-0.2, 0) is 4.79 Å². The lowest BCUT2D eigenvalue weighted by molar-refractivity contribution is -0.135. The molecule has 0 bridgehead atoms. The van der Waals surface area contributed by atoms with Gasteiger partial charge in [0.15, 0.2) is 0 Å². The van der Waals surface area contributed by atoms with E-state index in [0.29, 0.717) is 37.0 Å². The molecular weight excluding hydrogens is 485 g/mol. The molecule has 1 saturated heterocycles. The van der Waals surface area contributed by atoms with Gasteiger partial charge in [-0.2, -0.15) is 0 Å². The monoisotopic (exact) mass is 519 g/mol. The maximum Gasteiger partial charge on any atom is 0.251 e. The molecule has 3 atom stereocenters. The first kappa shape index (κ1) is 26.0. The molecule has 2 heterocycles. The van der Waals surface area contributed by atoms with Crippen molar-refractivity contribution in [1.82, 2.24) is 35.4 Å². The predicted octanol–water partition coefficient (Wildman–Crippen LogP) is 2.20. The van der Waals surface area contributed by atoms with Gasteiger partial charge in [0.05, 0.1) is 18.1 Å². The maximum absolute atomic E-state index is 13.4. The first-order chi connectivity index (χ1) is 18.5. The molecule has 5 rings (SSSR count). The summed E-state index contributed by atoms with van der Waals surface area (Å²) < 4.78 is 14.8. The fourth-order valence-corrected chi connectivity index (χ4v) is 4.95. The summed E-state index contributed by atoms with van der Waals surface area (Å²) in [4.78, 5) is 30.6. The summed E-state index contributed by atoms with van der Waals surface area (Å²) in [5.74, 6) is -0.114. The Labute approximate surface area is 222 Å². The summed E-state index contributed by atoms with van der Waals surface area (Å²) in [5.41, 5.74) is 2.44. The second-order valence-electron chi connectivity index (χ2n) is 10.1. The Bertz CT molecular complexity index is 1210. The number of amides is 2. The van der Waals surface area contributed by atoms with E-state index in [4.69, 9.17) is 0 Å². The molecule has 1 aromatic heterocycles. The highest BCUT2D eigenvalue weighted by atomic mass is 19.1. The standard InChI is InChI=1S/C28H34FN7O2/c1-34-15-17-35(18-16-34)28(38)25(3-2-12-30-26-19-24(26)20-4-8-22(29)9-5-20)32-27(37)21-6-10-23(11-7-21)36-14-13-31-33-36/h4-11,13-14,24-26,30H,2-3,12,15-19H2,1H3,(H,32,37)/t24-,25-,26+/m1/s1. The van der Waals surface area contributed by atoms with Gasteiger partial charge in [-0.25, -0.2) is 9.07 Å². The molecular formula is C28H34FN7O2. The summed E-state index contributed by atoms with van der Waals surface area (Å²) in [6, 6.07) is 13.5. The molecule has 0 spiro atoms. The lowest BCUT2D eigenvalue weighted by Gasteiger charge is -2.34. The van der Waals surface area contributed by atoms with Crippen molar-refractivity contribution in [1.29, 1.82) is 0 Å². The molecule has 3 aromatic rings. The molecule has 38 heavy (non-hydrogen) atoms. The van der Waals surface area contributed by atoms with E-state index < -0.39 is 6.04 Å².